The maximum atomic E-state index is 11.7. The summed E-state index contributed by atoms with van der Waals surface area (Å²) in [7, 11) is 0. The van der Waals surface area contributed by atoms with Crippen LogP contribution in [-0.2, 0) is 6.54 Å². The van der Waals surface area contributed by atoms with E-state index >= 15 is 0 Å². The molecule has 0 saturated heterocycles. The van der Waals surface area contributed by atoms with Crippen LogP contribution < -0.4 is 5.32 Å². The van der Waals surface area contributed by atoms with Gasteiger partial charge in [0.25, 0.3) is 5.91 Å². The highest BCUT2D eigenvalue weighted by Gasteiger charge is 2.09. The molecule has 2 aromatic rings. The number of amides is 1. The van der Waals surface area contributed by atoms with E-state index in [1.54, 1.807) is 24.5 Å². The number of aromatic nitrogens is 1. The summed E-state index contributed by atoms with van der Waals surface area (Å²) in [6, 6.07) is 5.12. The number of pyridine rings is 1. The van der Waals surface area contributed by atoms with E-state index in [9.17, 15) is 4.79 Å². The predicted molar refractivity (Wildman–Crippen MR) is 59.1 cm³/mol. The molecule has 2 aromatic heterocycles. The summed E-state index contributed by atoms with van der Waals surface area (Å²) in [6.07, 6.45) is 4.52. The van der Waals surface area contributed by atoms with Crippen LogP contribution in [0.2, 0.25) is 5.02 Å². The summed E-state index contributed by atoms with van der Waals surface area (Å²) in [6.45, 7) is 0.330. The maximum Gasteiger partial charge on any atom is 0.254 e. The number of carbonyl (C=O) groups is 1. The average Bonchev–Trinajstić information content (AvgIpc) is 2.79. The molecule has 0 saturated carbocycles. The normalized spacial score (nSPS) is 10.1. The number of hydrogen-bond acceptors (Lipinski definition) is 3. The lowest BCUT2D eigenvalue weighted by molar-refractivity contribution is 0.0948. The third kappa shape index (κ3) is 2.41. The van der Waals surface area contributed by atoms with Gasteiger partial charge in [0.15, 0.2) is 0 Å². The molecule has 16 heavy (non-hydrogen) atoms. The Morgan fingerprint density at radius 3 is 3.06 bits per heavy atom. The molecule has 0 bridgehead atoms. The minimum absolute atomic E-state index is 0.269. The first-order chi connectivity index (χ1) is 7.77. The summed E-state index contributed by atoms with van der Waals surface area (Å²) in [5, 5.41) is 3.07. The SMILES string of the molecule is O=C(NCc1ccco1)c1cnccc1Cl. The Morgan fingerprint density at radius 1 is 1.50 bits per heavy atom. The summed E-state index contributed by atoms with van der Waals surface area (Å²) < 4.78 is 5.09. The number of nitrogens with zero attached hydrogens (tertiary/aromatic N) is 1. The van der Waals surface area contributed by atoms with Gasteiger partial charge in [-0.2, -0.15) is 0 Å². The fourth-order valence-electron chi connectivity index (χ4n) is 1.22. The van der Waals surface area contributed by atoms with Gasteiger partial charge in [-0.15, -0.1) is 0 Å². The second-order valence-electron chi connectivity index (χ2n) is 3.12. The van der Waals surface area contributed by atoms with E-state index in [-0.39, 0.29) is 5.91 Å². The molecule has 0 radical (unpaired) electrons. The van der Waals surface area contributed by atoms with Crippen molar-refractivity contribution < 1.29 is 9.21 Å². The first kappa shape index (κ1) is 10.7. The van der Waals surface area contributed by atoms with Crippen LogP contribution in [0.5, 0.6) is 0 Å². The number of hydrogen-bond donors (Lipinski definition) is 1. The fourth-order valence-corrected chi connectivity index (χ4v) is 1.41. The zero-order valence-electron chi connectivity index (χ0n) is 8.31. The second-order valence-corrected chi connectivity index (χ2v) is 3.52. The van der Waals surface area contributed by atoms with E-state index in [0.29, 0.717) is 22.9 Å². The molecule has 82 valence electrons. The number of furan rings is 1. The summed E-state index contributed by atoms with van der Waals surface area (Å²) in [5.74, 6) is 0.419. The average molecular weight is 237 g/mol. The molecule has 0 aliphatic rings. The van der Waals surface area contributed by atoms with Crippen molar-refractivity contribution in [2.45, 2.75) is 6.54 Å². The third-order valence-electron chi connectivity index (χ3n) is 2.02. The zero-order valence-corrected chi connectivity index (χ0v) is 9.07. The van der Waals surface area contributed by atoms with Crippen molar-refractivity contribution in [1.29, 1.82) is 0 Å². The Labute approximate surface area is 97.2 Å². The van der Waals surface area contributed by atoms with Gasteiger partial charge in [0.2, 0.25) is 0 Å². The van der Waals surface area contributed by atoms with Crippen LogP contribution in [0.15, 0.2) is 41.3 Å². The molecular formula is C11H9ClN2O2. The molecule has 0 aliphatic heterocycles. The van der Waals surface area contributed by atoms with E-state index in [1.807, 2.05) is 0 Å². The standard InChI is InChI=1S/C11H9ClN2O2/c12-10-3-4-13-7-9(10)11(15)14-6-8-2-1-5-16-8/h1-5,7H,6H2,(H,14,15). The molecule has 0 fully saturated rings. The molecule has 4 nitrogen and oxygen atoms in total. The van der Waals surface area contributed by atoms with Gasteiger partial charge in [0, 0.05) is 12.4 Å². The van der Waals surface area contributed by atoms with Crippen molar-refractivity contribution in [3.63, 3.8) is 0 Å². The van der Waals surface area contributed by atoms with Crippen LogP contribution in [0.3, 0.4) is 0 Å². The first-order valence-electron chi connectivity index (χ1n) is 4.67. The fraction of sp³-hybridized carbons (Fsp3) is 0.0909. The topological polar surface area (TPSA) is 55.1 Å². The van der Waals surface area contributed by atoms with Crippen LogP contribution in [0.1, 0.15) is 16.1 Å². The number of rotatable bonds is 3. The van der Waals surface area contributed by atoms with Crippen molar-refractivity contribution in [2.75, 3.05) is 0 Å². The van der Waals surface area contributed by atoms with Crippen LogP contribution in [0.4, 0.5) is 0 Å². The minimum Gasteiger partial charge on any atom is -0.467 e. The molecule has 0 spiro atoms. The van der Waals surface area contributed by atoms with Gasteiger partial charge < -0.3 is 9.73 Å². The lowest BCUT2D eigenvalue weighted by Gasteiger charge is -2.04. The van der Waals surface area contributed by atoms with E-state index < -0.39 is 0 Å². The molecular weight excluding hydrogens is 228 g/mol. The molecule has 2 rings (SSSR count). The Balaban J connectivity index is 2.01. The summed E-state index contributed by atoms with van der Waals surface area (Å²) in [5.41, 5.74) is 0.357. The lowest BCUT2D eigenvalue weighted by Crippen LogP contribution is -2.22. The highest BCUT2D eigenvalue weighted by molar-refractivity contribution is 6.33. The molecule has 0 unspecified atom stereocenters. The summed E-state index contributed by atoms with van der Waals surface area (Å²) >= 11 is 5.86. The van der Waals surface area contributed by atoms with Gasteiger partial charge in [-0.05, 0) is 18.2 Å². The van der Waals surface area contributed by atoms with Crippen molar-refractivity contribution in [1.82, 2.24) is 10.3 Å². The smallest absolute Gasteiger partial charge is 0.254 e. The first-order valence-corrected chi connectivity index (χ1v) is 5.05. The van der Waals surface area contributed by atoms with Crippen molar-refractivity contribution in [3.05, 3.63) is 53.2 Å². The van der Waals surface area contributed by atoms with Crippen molar-refractivity contribution >= 4 is 17.5 Å². The van der Waals surface area contributed by atoms with Crippen LogP contribution in [-0.4, -0.2) is 10.9 Å². The maximum absolute atomic E-state index is 11.7. The molecule has 0 aromatic carbocycles. The molecule has 1 N–H and O–H groups in total. The Hall–Kier alpha value is -1.81. The molecule has 2 heterocycles. The number of halogens is 1. The van der Waals surface area contributed by atoms with Gasteiger partial charge in [0.1, 0.15) is 5.76 Å². The van der Waals surface area contributed by atoms with Crippen LogP contribution in [0, 0.1) is 0 Å². The molecule has 5 heteroatoms. The van der Waals surface area contributed by atoms with E-state index in [2.05, 4.69) is 10.3 Å². The lowest BCUT2D eigenvalue weighted by atomic mass is 10.2. The van der Waals surface area contributed by atoms with Crippen molar-refractivity contribution in [3.8, 4) is 0 Å². The van der Waals surface area contributed by atoms with Gasteiger partial charge in [-0.3, -0.25) is 9.78 Å². The number of nitrogens with one attached hydrogen (secondary N) is 1. The Bertz CT molecular complexity index is 482. The van der Waals surface area contributed by atoms with Gasteiger partial charge >= 0.3 is 0 Å². The molecule has 0 atom stereocenters. The number of carbonyl (C=O) groups excluding carboxylic acids is 1. The highest BCUT2D eigenvalue weighted by atomic mass is 35.5. The highest BCUT2D eigenvalue weighted by Crippen LogP contribution is 2.13. The van der Waals surface area contributed by atoms with Gasteiger partial charge in [-0.25, -0.2) is 0 Å². The van der Waals surface area contributed by atoms with Crippen LogP contribution >= 0.6 is 11.6 Å². The predicted octanol–water partition coefficient (Wildman–Crippen LogP) is 2.26. The molecule has 1 amide bonds. The van der Waals surface area contributed by atoms with Gasteiger partial charge in [-0.1, -0.05) is 11.6 Å². The minimum atomic E-state index is -0.269. The quantitative estimate of drug-likeness (QED) is 0.889. The largest absolute Gasteiger partial charge is 0.467 e. The Kier molecular flexibility index (Phi) is 3.22. The van der Waals surface area contributed by atoms with Gasteiger partial charge in [0.05, 0.1) is 23.4 Å². The van der Waals surface area contributed by atoms with Crippen LogP contribution in [0.25, 0.3) is 0 Å². The Morgan fingerprint density at radius 2 is 2.38 bits per heavy atom. The monoisotopic (exact) mass is 236 g/mol. The zero-order chi connectivity index (χ0) is 11.4. The molecule has 0 aliphatic carbocycles. The van der Waals surface area contributed by atoms with E-state index in [4.69, 9.17) is 16.0 Å². The van der Waals surface area contributed by atoms with Crippen molar-refractivity contribution in [2.24, 2.45) is 0 Å². The van der Waals surface area contributed by atoms with E-state index in [0.717, 1.165) is 0 Å². The van der Waals surface area contributed by atoms with E-state index in [1.165, 1.54) is 12.4 Å². The second kappa shape index (κ2) is 4.81. The summed E-state index contributed by atoms with van der Waals surface area (Å²) in [4.78, 5) is 15.5. The third-order valence-corrected chi connectivity index (χ3v) is 2.35.